The van der Waals surface area contributed by atoms with Crippen LogP contribution in [0.3, 0.4) is 0 Å². The Hall–Kier alpha value is -0.620. The largest absolute Gasteiger partial charge is 0.314 e. The Labute approximate surface area is 97.0 Å². The topological polar surface area (TPSA) is 75.3 Å². The smallest absolute Gasteiger partial charge is 0.237 e. The molecule has 2 unspecified atom stereocenters. The number of amides is 1. The van der Waals surface area contributed by atoms with Crippen molar-refractivity contribution in [2.45, 2.75) is 44.9 Å². The third kappa shape index (κ3) is 3.45. The van der Waals surface area contributed by atoms with Gasteiger partial charge in [-0.15, -0.1) is 0 Å². The van der Waals surface area contributed by atoms with E-state index in [-0.39, 0.29) is 17.9 Å². The highest BCUT2D eigenvalue weighted by atomic mass is 32.2. The molecule has 1 aliphatic rings. The van der Waals surface area contributed by atoms with Crippen LogP contribution in [0.15, 0.2) is 0 Å². The molecule has 0 aromatic carbocycles. The van der Waals surface area contributed by atoms with Gasteiger partial charge < -0.3 is 5.32 Å². The van der Waals surface area contributed by atoms with Crippen molar-refractivity contribution < 1.29 is 13.2 Å². The van der Waals surface area contributed by atoms with Gasteiger partial charge in [0.15, 0.2) is 0 Å². The van der Waals surface area contributed by atoms with Crippen LogP contribution in [0.1, 0.15) is 33.6 Å². The molecule has 1 fully saturated rings. The van der Waals surface area contributed by atoms with Gasteiger partial charge in [0.1, 0.15) is 0 Å². The molecule has 94 valence electrons. The van der Waals surface area contributed by atoms with Crippen LogP contribution in [-0.4, -0.2) is 32.2 Å². The fraction of sp³-hybridized carbons (Fsp3) is 0.900. The molecule has 0 aromatic rings. The maximum atomic E-state index is 11.7. The normalized spacial score (nSPS) is 26.8. The van der Waals surface area contributed by atoms with E-state index in [1.54, 1.807) is 13.8 Å². The summed E-state index contributed by atoms with van der Waals surface area (Å²) in [6.45, 7) is 5.87. The van der Waals surface area contributed by atoms with Crippen LogP contribution in [0.2, 0.25) is 0 Å². The predicted molar refractivity (Wildman–Crippen MR) is 62.4 cm³/mol. The summed E-state index contributed by atoms with van der Waals surface area (Å²) in [6, 6.07) is 0.270. The Balaban J connectivity index is 2.59. The zero-order valence-electron chi connectivity index (χ0n) is 9.99. The lowest BCUT2D eigenvalue weighted by Crippen LogP contribution is -2.45. The minimum absolute atomic E-state index is 0.190. The summed E-state index contributed by atoms with van der Waals surface area (Å²) in [5.74, 6) is -0.549. The van der Waals surface area contributed by atoms with Crippen molar-refractivity contribution in [2.24, 2.45) is 5.92 Å². The van der Waals surface area contributed by atoms with Gasteiger partial charge in [-0.3, -0.25) is 9.52 Å². The highest BCUT2D eigenvalue weighted by Crippen LogP contribution is 2.16. The quantitative estimate of drug-likeness (QED) is 0.749. The summed E-state index contributed by atoms with van der Waals surface area (Å²) < 4.78 is 25.2. The van der Waals surface area contributed by atoms with Crippen LogP contribution in [0, 0.1) is 5.92 Å². The number of piperidine rings is 1. The van der Waals surface area contributed by atoms with E-state index in [0.29, 0.717) is 12.8 Å². The maximum Gasteiger partial charge on any atom is 0.237 e. The summed E-state index contributed by atoms with van der Waals surface area (Å²) >= 11 is 0. The number of rotatable bonds is 3. The fourth-order valence-electron chi connectivity index (χ4n) is 1.71. The first-order valence-electron chi connectivity index (χ1n) is 5.61. The Morgan fingerprint density at radius 1 is 1.44 bits per heavy atom. The van der Waals surface area contributed by atoms with Crippen molar-refractivity contribution in [3.05, 3.63) is 0 Å². The molecule has 16 heavy (non-hydrogen) atoms. The minimum Gasteiger partial charge on any atom is -0.314 e. The lowest BCUT2D eigenvalue weighted by atomic mass is 9.93. The van der Waals surface area contributed by atoms with Gasteiger partial charge in [-0.25, -0.2) is 8.42 Å². The molecule has 1 aliphatic heterocycles. The van der Waals surface area contributed by atoms with E-state index in [2.05, 4.69) is 10.0 Å². The standard InChI is InChI=1S/C10H20N2O3S/c1-7(2)16(14,15)12-10(13)9-4-5-11-8(3)6-9/h7-9,11H,4-6H2,1-3H3,(H,12,13). The van der Waals surface area contributed by atoms with Crippen molar-refractivity contribution in [1.82, 2.24) is 10.0 Å². The molecular formula is C10H20N2O3S. The van der Waals surface area contributed by atoms with E-state index in [1.165, 1.54) is 0 Å². The average Bonchev–Trinajstić information content (AvgIpc) is 2.16. The molecule has 1 saturated heterocycles. The van der Waals surface area contributed by atoms with Gasteiger partial charge in [-0.05, 0) is 40.2 Å². The molecule has 5 nitrogen and oxygen atoms in total. The maximum absolute atomic E-state index is 11.7. The molecule has 6 heteroatoms. The second-order valence-electron chi connectivity index (χ2n) is 4.64. The molecule has 2 atom stereocenters. The molecule has 1 heterocycles. The predicted octanol–water partition coefficient (Wildman–Crippen LogP) is 0.229. The van der Waals surface area contributed by atoms with Gasteiger partial charge in [-0.1, -0.05) is 0 Å². The Bertz CT molecular complexity index is 351. The first-order valence-corrected chi connectivity index (χ1v) is 7.16. The number of hydrogen-bond acceptors (Lipinski definition) is 4. The molecule has 1 amide bonds. The molecule has 0 aliphatic carbocycles. The molecule has 0 spiro atoms. The van der Waals surface area contributed by atoms with Gasteiger partial charge in [0.05, 0.1) is 5.25 Å². The Morgan fingerprint density at radius 2 is 2.06 bits per heavy atom. The number of nitrogens with one attached hydrogen (secondary N) is 2. The zero-order chi connectivity index (χ0) is 12.3. The molecule has 2 N–H and O–H groups in total. The van der Waals surface area contributed by atoms with Gasteiger partial charge in [-0.2, -0.15) is 0 Å². The summed E-state index contributed by atoms with van der Waals surface area (Å²) in [4.78, 5) is 11.7. The fourth-order valence-corrected chi connectivity index (χ4v) is 2.39. The third-order valence-electron chi connectivity index (χ3n) is 2.86. The minimum atomic E-state index is -3.48. The Morgan fingerprint density at radius 3 is 2.56 bits per heavy atom. The van der Waals surface area contributed by atoms with Crippen molar-refractivity contribution in [3.63, 3.8) is 0 Å². The van der Waals surface area contributed by atoms with Crippen molar-refractivity contribution in [3.8, 4) is 0 Å². The van der Waals surface area contributed by atoms with E-state index in [0.717, 1.165) is 6.54 Å². The zero-order valence-corrected chi connectivity index (χ0v) is 10.8. The second kappa shape index (κ2) is 5.14. The summed E-state index contributed by atoms with van der Waals surface area (Å²) in [5, 5.41) is 2.65. The Kier molecular flexibility index (Phi) is 4.32. The van der Waals surface area contributed by atoms with Crippen LogP contribution in [0.25, 0.3) is 0 Å². The first kappa shape index (κ1) is 13.4. The van der Waals surface area contributed by atoms with Crippen LogP contribution in [-0.2, 0) is 14.8 Å². The summed E-state index contributed by atoms with van der Waals surface area (Å²) in [5.41, 5.74) is 0. The van der Waals surface area contributed by atoms with Crippen molar-refractivity contribution >= 4 is 15.9 Å². The van der Waals surface area contributed by atoms with E-state index in [1.807, 2.05) is 6.92 Å². The van der Waals surface area contributed by atoms with Crippen LogP contribution < -0.4 is 10.0 Å². The van der Waals surface area contributed by atoms with Gasteiger partial charge in [0, 0.05) is 12.0 Å². The lowest BCUT2D eigenvalue weighted by Gasteiger charge is -2.27. The van der Waals surface area contributed by atoms with E-state index < -0.39 is 15.3 Å². The van der Waals surface area contributed by atoms with Crippen molar-refractivity contribution in [2.75, 3.05) is 6.54 Å². The van der Waals surface area contributed by atoms with Gasteiger partial charge in [0.25, 0.3) is 0 Å². The van der Waals surface area contributed by atoms with Crippen molar-refractivity contribution in [1.29, 1.82) is 0 Å². The number of carbonyl (C=O) groups excluding carboxylic acids is 1. The van der Waals surface area contributed by atoms with Gasteiger partial charge >= 0.3 is 0 Å². The van der Waals surface area contributed by atoms with E-state index >= 15 is 0 Å². The molecule has 1 rings (SSSR count). The van der Waals surface area contributed by atoms with Crippen LogP contribution in [0.5, 0.6) is 0 Å². The van der Waals surface area contributed by atoms with Crippen LogP contribution in [0.4, 0.5) is 0 Å². The highest BCUT2D eigenvalue weighted by Gasteiger charge is 2.28. The number of hydrogen-bond donors (Lipinski definition) is 2. The van der Waals surface area contributed by atoms with Gasteiger partial charge in [0.2, 0.25) is 15.9 Å². The monoisotopic (exact) mass is 248 g/mol. The van der Waals surface area contributed by atoms with Crippen LogP contribution >= 0.6 is 0 Å². The molecule has 0 aromatic heterocycles. The molecule has 0 bridgehead atoms. The highest BCUT2D eigenvalue weighted by molar-refractivity contribution is 7.90. The number of carbonyl (C=O) groups is 1. The molecule has 0 radical (unpaired) electrons. The molecule has 0 saturated carbocycles. The lowest BCUT2D eigenvalue weighted by molar-refractivity contribution is -0.124. The summed E-state index contributed by atoms with van der Waals surface area (Å²) in [6.07, 6.45) is 1.39. The van der Waals surface area contributed by atoms with E-state index in [9.17, 15) is 13.2 Å². The first-order chi connectivity index (χ1) is 7.33. The molecular weight excluding hydrogens is 228 g/mol. The average molecular weight is 248 g/mol. The number of sulfonamides is 1. The van der Waals surface area contributed by atoms with E-state index in [4.69, 9.17) is 0 Å². The second-order valence-corrected chi connectivity index (χ2v) is 6.87. The summed E-state index contributed by atoms with van der Waals surface area (Å²) in [7, 11) is -3.48. The SMILES string of the molecule is CC1CC(C(=O)NS(=O)(=O)C(C)C)CCN1. The third-order valence-corrected chi connectivity index (χ3v) is 4.58.